The summed E-state index contributed by atoms with van der Waals surface area (Å²) in [5, 5.41) is 0. The summed E-state index contributed by atoms with van der Waals surface area (Å²) in [5.74, 6) is 0.102. The Labute approximate surface area is 176 Å². The second-order valence-corrected chi connectivity index (χ2v) is 7.65. The highest BCUT2D eigenvalue weighted by Crippen LogP contribution is 2.31. The quantitative estimate of drug-likeness (QED) is 0.594. The number of anilines is 1. The van der Waals surface area contributed by atoms with Crippen LogP contribution in [0.5, 0.6) is 0 Å². The molecule has 0 saturated carbocycles. The predicted octanol–water partition coefficient (Wildman–Crippen LogP) is 4.17. The van der Waals surface area contributed by atoms with E-state index in [-0.39, 0.29) is 11.8 Å². The first-order valence-corrected chi connectivity index (χ1v) is 10.7. The van der Waals surface area contributed by atoms with Crippen LogP contribution in [0.3, 0.4) is 0 Å². The molecular formula is C22H32F3N3O2. The van der Waals surface area contributed by atoms with E-state index in [1.807, 2.05) is 23.6 Å². The van der Waals surface area contributed by atoms with Crippen molar-refractivity contribution >= 4 is 17.5 Å². The third-order valence-corrected chi connectivity index (χ3v) is 5.29. The Morgan fingerprint density at radius 1 is 1.00 bits per heavy atom. The Bertz CT molecular complexity index is 695. The molecule has 0 unspecified atom stereocenters. The van der Waals surface area contributed by atoms with Gasteiger partial charge in [0.2, 0.25) is 11.8 Å². The molecule has 1 aromatic carbocycles. The topological polar surface area (TPSA) is 43.9 Å². The van der Waals surface area contributed by atoms with Crippen LogP contribution in [0.1, 0.15) is 51.5 Å². The summed E-state index contributed by atoms with van der Waals surface area (Å²) in [4.78, 5) is 30.2. The van der Waals surface area contributed by atoms with E-state index in [1.54, 1.807) is 11.0 Å². The van der Waals surface area contributed by atoms with Crippen LogP contribution in [-0.2, 0) is 15.8 Å². The molecule has 1 heterocycles. The molecular weight excluding hydrogens is 395 g/mol. The Hall–Kier alpha value is -2.25. The van der Waals surface area contributed by atoms with E-state index in [0.29, 0.717) is 51.1 Å². The molecule has 0 aromatic heterocycles. The highest BCUT2D eigenvalue weighted by molar-refractivity contribution is 5.79. The molecule has 0 spiro atoms. The zero-order valence-electron chi connectivity index (χ0n) is 17.9. The molecule has 5 nitrogen and oxygen atoms in total. The second kappa shape index (κ2) is 11.2. The normalized spacial score (nSPS) is 14.7. The smallest absolute Gasteiger partial charge is 0.368 e. The number of rotatable bonds is 9. The average Bonchev–Trinajstić information content (AvgIpc) is 2.73. The van der Waals surface area contributed by atoms with Gasteiger partial charge in [-0.2, -0.15) is 13.2 Å². The summed E-state index contributed by atoms with van der Waals surface area (Å²) >= 11 is 0. The number of carbonyl (C=O) groups is 2. The maximum Gasteiger partial charge on any atom is 0.416 e. The number of benzene rings is 1. The molecule has 1 fully saturated rings. The lowest BCUT2D eigenvalue weighted by Crippen LogP contribution is -2.48. The Kier molecular flexibility index (Phi) is 8.99. The predicted molar refractivity (Wildman–Crippen MR) is 111 cm³/mol. The molecule has 0 N–H and O–H groups in total. The van der Waals surface area contributed by atoms with Crippen LogP contribution in [-0.4, -0.2) is 60.9 Å². The minimum Gasteiger partial charge on any atom is -0.368 e. The zero-order chi connectivity index (χ0) is 22.1. The Morgan fingerprint density at radius 3 is 2.20 bits per heavy atom. The van der Waals surface area contributed by atoms with Crippen LogP contribution < -0.4 is 4.90 Å². The van der Waals surface area contributed by atoms with Crippen LogP contribution >= 0.6 is 0 Å². The van der Waals surface area contributed by atoms with Crippen LogP contribution in [0.25, 0.3) is 0 Å². The standard InChI is InChI=1S/C22H32F3N3O2/c1-3-11-27(12-4-2)20(29)9-6-10-21(30)28-15-13-26(14-16-28)19-8-5-7-18(17-19)22(23,24)25/h5,7-8,17H,3-4,6,9-16H2,1-2H3. The fourth-order valence-corrected chi connectivity index (χ4v) is 3.70. The SMILES string of the molecule is CCCN(CCC)C(=O)CCCC(=O)N1CCN(c2cccc(C(F)(F)F)c2)CC1. The third-order valence-electron chi connectivity index (χ3n) is 5.29. The highest BCUT2D eigenvalue weighted by atomic mass is 19.4. The minimum absolute atomic E-state index is 0.00373. The van der Waals surface area contributed by atoms with E-state index in [1.165, 1.54) is 6.07 Å². The van der Waals surface area contributed by atoms with Crippen molar-refractivity contribution in [1.29, 1.82) is 0 Å². The first-order chi connectivity index (χ1) is 14.3. The van der Waals surface area contributed by atoms with Gasteiger partial charge >= 0.3 is 6.18 Å². The largest absolute Gasteiger partial charge is 0.416 e. The van der Waals surface area contributed by atoms with E-state index in [2.05, 4.69) is 0 Å². The van der Waals surface area contributed by atoms with Crippen LogP contribution in [0, 0.1) is 0 Å². The fourth-order valence-electron chi connectivity index (χ4n) is 3.70. The van der Waals surface area contributed by atoms with Gasteiger partial charge in [0, 0.05) is 57.8 Å². The Morgan fingerprint density at radius 2 is 1.63 bits per heavy atom. The van der Waals surface area contributed by atoms with Gasteiger partial charge in [-0.1, -0.05) is 19.9 Å². The van der Waals surface area contributed by atoms with Gasteiger partial charge in [0.25, 0.3) is 0 Å². The number of nitrogens with zero attached hydrogens (tertiary/aromatic N) is 3. The number of carbonyl (C=O) groups excluding carboxylic acids is 2. The van der Waals surface area contributed by atoms with Crippen molar-refractivity contribution in [1.82, 2.24) is 9.80 Å². The first-order valence-electron chi connectivity index (χ1n) is 10.7. The van der Waals surface area contributed by atoms with Crippen molar-refractivity contribution in [2.75, 3.05) is 44.2 Å². The third kappa shape index (κ3) is 6.92. The lowest BCUT2D eigenvalue weighted by atomic mass is 10.1. The van der Waals surface area contributed by atoms with Gasteiger partial charge in [0.05, 0.1) is 5.56 Å². The molecule has 1 aromatic rings. The molecule has 168 valence electrons. The van der Waals surface area contributed by atoms with E-state index >= 15 is 0 Å². The molecule has 1 saturated heterocycles. The van der Waals surface area contributed by atoms with Gasteiger partial charge in [-0.15, -0.1) is 0 Å². The minimum atomic E-state index is -4.37. The second-order valence-electron chi connectivity index (χ2n) is 7.65. The maximum atomic E-state index is 12.9. The van der Waals surface area contributed by atoms with Crippen molar-refractivity contribution in [2.45, 2.75) is 52.1 Å². The van der Waals surface area contributed by atoms with Crippen molar-refractivity contribution in [2.24, 2.45) is 0 Å². The first kappa shape index (κ1) is 24.0. The van der Waals surface area contributed by atoms with E-state index in [4.69, 9.17) is 0 Å². The Balaban J connectivity index is 1.78. The van der Waals surface area contributed by atoms with Gasteiger partial charge in [-0.05, 0) is 37.5 Å². The molecule has 1 aliphatic heterocycles. The van der Waals surface area contributed by atoms with Gasteiger partial charge in [0.1, 0.15) is 0 Å². The zero-order valence-corrected chi connectivity index (χ0v) is 17.9. The summed E-state index contributed by atoms with van der Waals surface area (Å²) in [6, 6.07) is 5.29. The molecule has 2 rings (SSSR count). The van der Waals surface area contributed by atoms with E-state index < -0.39 is 11.7 Å². The number of hydrogen-bond donors (Lipinski definition) is 0. The molecule has 0 atom stereocenters. The van der Waals surface area contributed by atoms with Gasteiger partial charge in [-0.25, -0.2) is 0 Å². The summed E-state index contributed by atoms with van der Waals surface area (Å²) in [5.41, 5.74) is -0.141. The average molecular weight is 428 g/mol. The molecule has 2 amide bonds. The van der Waals surface area contributed by atoms with Crippen molar-refractivity contribution in [3.8, 4) is 0 Å². The molecule has 0 bridgehead atoms. The molecule has 0 aliphatic carbocycles. The van der Waals surface area contributed by atoms with Gasteiger partial charge < -0.3 is 14.7 Å². The molecule has 30 heavy (non-hydrogen) atoms. The van der Waals surface area contributed by atoms with Gasteiger partial charge in [-0.3, -0.25) is 9.59 Å². The van der Waals surface area contributed by atoms with Crippen molar-refractivity contribution < 1.29 is 22.8 Å². The number of piperazine rings is 1. The van der Waals surface area contributed by atoms with Crippen molar-refractivity contribution in [3.05, 3.63) is 29.8 Å². The summed E-state index contributed by atoms with van der Waals surface area (Å²) < 4.78 is 38.7. The fraction of sp³-hybridized carbons (Fsp3) is 0.636. The number of hydrogen-bond acceptors (Lipinski definition) is 3. The van der Waals surface area contributed by atoms with E-state index in [9.17, 15) is 22.8 Å². The van der Waals surface area contributed by atoms with E-state index in [0.717, 1.165) is 38.1 Å². The lowest BCUT2D eigenvalue weighted by molar-refractivity contribution is -0.137. The lowest BCUT2D eigenvalue weighted by Gasteiger charge is -2.36. The van der Waals surface area contributed by atoms with Crippen LogP contribution in [0.15, 0.2) is 24.3 Å². The monoisotopic (exact) mass is 427 g/mol. The number of halogens is 3. The maximum absolute atomic E-state index is 12.9. The molecule has 0 radical (unpaired) electrons. The summed E-state index contributed by atoms with van der Waals surface area (Å²) in [7, 11) is 0. The van der Waals surface area contributed by atoms with Crippen LogP contribution in [0.2, 0.25) is 0 Å². The number of alkyl halides is 3. The summed E-state index contributed by atoms with van der Waals surface area (Å²) in [6.45, 7) is 7.51. The van der Waals surface area contributed by atoms with Gasteiger partial charge in [0.15, 0.2) is 0 Å². The number of amides is 2. The van der Waals surface area contributed by atoms with Crippen LogP contribution in [0.4, 0.5) is 18.9 Å². The highest BCUT2D eigenvalue weighted by Gasteiger charge is 2.31. The molecule has 1 aliphatic rings. The summed E-state index contributed by atoms with van der Waals surface area (Å²) in [6.07, 6.45) is -1.32. The molecule has 8 heteroatoms. The van der Waals surface area contributed by atoms with Crippen molar-refractivity contribution in [3.63, 3.8) is 0 Å².